The minimum atomic E-state index is -0.939. The number of fused-ring (bicyclic) bond motifs is 1. The Morgan fingerprint density at radius 3 is 1.29 bits per heavy atom. The smallest absolute Gasteiger partial charge is 0.172 e. The number of unbranched alkanes of at least 4 members (excludes halogenated alkanes) is 18. The lowest BCUT2D eigenvalue weighted by molar-refractivity contribution is 0.260. The standard InChI is InChI=1S/C52H62Br2F2N2O2S2/c1-3-5-7-9-11-13-15-17-19-24-34-59-51-45(41-30-32-43(53)61-41)49-50(58-48(38-28-29-39(55)40(56)36-38)47(57-49)37-26-22-21-23-27-37)46(42-31-33-44(54)62-42)52(51)60-35-25-20-18-16-14-12-10-8-6-4-2/h21-23,26-33,36H,3-20,24-25,34-35H2,1-2H3. The second kappa shape index (κ2) is 25.9. The van der Waals surface area contributed by atoms with E-state index in [-0.39, 0.29) is 0 Å². The molecule has 0 unspecified atom stereocenters. The lowest BCUT2D eigenvalue weighted by atomic mass is 9.98. The molecule has 332 valence electrons. The highest BCUT2D eigenvalue weighted by atomic mass is 79.9. The molecule has 62 heavy (non-hydrogen) atoms. The van der Waals surface area contributed by atoms with E-state index in [0.717, 1.165) is 65.8 Å². The molecular weight excluding hydrogens is 947 g/mol. The van der Waals surface area contributed by atoms with Crippen molar-refractivity contribution in [2.24, 2.45) is 0 Å². The SMILES string of the molecule is CCCCCCCCCCCCOc1c(OCCCCCCCCCCCC)c(-c2ccc(Br)s2)c2nc(-c3ccc(F)c(F)c3)c(-c3ccccc3)nc2c1-c1ccc(Br)s1. The molecule has 0 N–H and O–H groups in total. The van der Waals surface area contributed by atoms with E-state index < -0.39 is 11.6 Å². The van der Waals surface area contributed by atoms with Crippen LogP contribution >= 0.6 is 54.5 Å². The number of benzene rings is 3. The molecule has 3 aromatic heterocycles. The predicted molar refractivity (Wildman–Crippen MR) is 267 cm³/mol. The number of thiophene rings is 2. The van der Waals surface area contributed by atoms with Gasteiger partial charge in [-0.25, -0.2) is 18.7 Å². The van der Waals surface area contributed by atoms with E-state index in [1.807, 2.05) is 42.5 Å². The second-order valence-electron chi connectivity index (χ2n) is 16.3. The molecule has 0 spiro atoms. The maximum atomic E-state index is 15.0. The van der Waals surface area contributed by atoms with Crippen LogP contribution in [0.2, 0.25) is 0 Å². The number of hydrogen-bond acceptors (Lipinski definition) is 6. The Balaban J connectivity index is 1.43. The van der Waals surface area contributed by atoms with E-state index in [2.05, 4.69) is 57.8 Å². The van der Waals surface area contributed by atoms with Crippen molar-refractivity contribution in [2.45, 2.75) is 142 Å². The van der Waals surface area contributed by atoms with Gasteiger partial charge in [0.25, 0.3) is 0 Å². The third-order valence-electron chi connectivity index (χ3n) is 11.4. The molecule has 0 aliphatic rings. The van der Waals surface area contributed by atoms with Gasteiger partial charge in [-0.1, -0.05) is 160 Å². The summed E-state index contributed by atoms with van der Waals surface area (Å²) in [6.45, 7) is 5.59. The summed E-state index contributed by atoms with van der Waals surface area (Å²) in [5.41, 5.74) is 5.16. The van der Waals surface area contributed by atoms with Crippen LogP contribution in [-0.4, -0.2) is 23.2 Å². The molecule has 0 atom stereocenters. The molecule has 4 nitrogen and oxygen atoms in total. The summed E-state index contributed by atoms with van der Waals surface area (Å²) >= 11 is 10.7. The molecule has 10 heteroatoms. The average Bonchev–Trinajstić information content (AvgIpc) is 3.92. The Kier molecular flexibility index (Phi) is 20.2. The van der Waals surface area contributed by atoms with Crippen molar-refractivity contribution in [3.63, 3.8) is 0 Å². The summed E-state index contributed by atoms with van der Waals surface area (Å²) < 4.78 is 45.4. The van der Waals surface area contributed by atoms with Crippen LogP contribution in [-0.2, 0) is 0 Å². The average molecular weight is 1010 g/mol. The fourth-order valence-corrected chi connectivity index (χ4v) is 10.9. The topological polar surface area (TPSA) is 44.2 Å². The van der Waals surface area contributed by atoms with Gasteiger partial charge < -0.3 is 9.47 Å². The zero-order valence-corrected chi connectivity index (χ0v) is 41.3. The van der Waals surface area contributed by atoms with Gasteiger partial charge in [-0.3, -0.25) is 0 Å². The van der Waals surface area contributed by atoms with E-state index in [4.69, 9.17) is 19.4 Å². The summed E-state index contributed by atoms with van der Waals surface area (Å²) in [5.74, 6) is -0.535. The van der Waals surface area contributed by atoms with E-state index in [1.54, 1.807) is 28.7 Å². The normalized spacial score (nSPS) is 11.5. The van der Waals surface area contributed by atoms with E-state index >= 15 is 4.39 Å². The zero-order chi connectivity index (χ0) is 43.5. The van der Waals surface area contributed by atoms with Crippen molar-refractivity contribution in [3.8, 4) is 54.9 Å². The summed E-state index contributed by atoms with van der Waals surface area (Å²) in [6, 6.07) is 22.0. The third-order valence-corrected chi connectivity index (χ3v) is 14.7. The van der Waals surface area contributed by atoms with Crippen molar-refractivity contribution in [1.29, 1.82) is 0 Å². The van der Waals surface area contributed by atoms with Gasteiger partial charge in [0.2, 0.25) is 0 Å². The molecule has 0 saturated carbocycles. The maximum absolute atomic E-state index is 15.0. The largest absolute Gasteiger partial charge is 0.489 e. The van der Waals surface area contributed by atoms with Gasteiger partial charge in [-0.2, -0.15) is 0 Å². The highest BCUT2D eigenvalue weighted by Gasteiger charge is 2.30. The Morgan fingerprint density at radius 2 is 0.887 bits per heavy atom. The molecule has 0 aliphatic carbocycles. The number of ether oxygens (including phenoxy) is 2. The van der Waals surface area contributed by atoms with Crippen LogP contribution < -0.4 is 9.47 Å². The minimum Gasteiger partial charge on any atom is -0.489 e. The van der Waals surface area contributed by atoms with Crippen LogP contribution in [0, 0.1) is 11.6 Å². The molecule has 0 bridgehead atoms. The van der Waals surface area contributed by atoms with Crippen LogP contribution in [0.4, 0.5) is 8.78 Å². The van der Waals surface area contributed by atoms with Gasteiger partial charge in [0.1, 0.15) is 11.0 Å². The minimum absolute atomic E-state index is 0.435. The highest BCUT2D eigenvalue weighted by Crippen LogP contribution is 2.54. The second-order valence-corrected chi connectivity index (χ2v) is 21.2. The Labute approximate surface area is 393 Å². The fourth-order valence-electron chi connectivity index (χ4n) is 8.03. The first-order valence-corrected chi connectivity index (χ1v) is 26.3. The number of aromatic nitrogens is 2. The van der Waals surface area contributed by atoms with E-state index in [1.165, 1.54) is 109 Å². The quantitative estimate of drug-likeness (QED) is 0.0460. The van der Waals surface area contributed by atoms with Gasteiger partial charge in [0.15, 0.2) is 23.1 Å². The summed E-state index contributed by atoms with van der Waals surface area (Å²) in [5, 5.41) is 0. The van der Waals surface area contributed by atoms with Crippen molar-refractivity contribution < 1.29 is 18.3 Å². The van der Waals surface area contributed by atoms with Gasteiger partial charge >= 0.3 is 0 Å². The summed E-state index contributed by atoms with van der Waals surface area (Å²) in [4.78, 5) is 12.8. The van der Waals surface area contributed by atoms with E-state index in [0.29, 0.717) is 52.7 Å². The fraction of sp³-hybridized carbons (Fsp3) is 0.462. The summed E-state index contributed by atoms with van der Waals surface area (Å²) in [6.07, 6.45) is 24.7. The zero-order valence-electron chi connectivity index (χ0n) is 36.5. The molecule has 3 aromatic carbocycles. The van der Waals surface area contributed by atoms with Gasteiger partial charge in [-0.15, -0.1) is 22.7 Å². The first-order valence-electron chi connectivity index (χ1n) is 23.1. The van der Waals surface area contributed by atoms with Crippen LogP contribution in [0.5, 0.6) is 11.5 Å². The monoisotopic (exact) mass is 1010 g/mol. The van der Waals surface area contributed by atoms with E-state index in [9.17, 15) is 4.39 Å². The first-order chi connectivity index (χ1) is 30.4. The van der Waals surface area contributed by atoms with Crippen LogP contribution in [0.15, 0.2) is 80.4 Å². The molecule has 3 heterocycles. The van der Waals surface area contributed by atoms with Crippen molar-refractivity contribution in [1.82, 2.24) is 9.97 Å². The highest BCUT2D eigenvalue weighted by molar-refractivity contribution is 9.11. The summed E-state index contributed by atoms with van der Waals surface area (Å²) in [7, 11) is 0. The first kappa shape index (κ1) is 48.3. The van der Waals surface area contributed by atoms with Crippen molar-refractivity contribution in [2.75, 3.05) is 13.2 Å². The van der Waals surface area contributed by atoms with Crippen molar-refractivity contribution >= 4 is 65.6 Å². The lowest BCUT2D eigenvalue weighted by Gasteiger charge is -2.23. The Hall–Kier alpha value is -3.18. The lowest BCUT2D eigenvalue weighted by Crippen LogP contribution is -2.08. The molecule has 0 fully saturated rings. The van der Waals surface area contributed by atoms with Crippen LogP contribution in [0.3, 0.4) is 0 Å². The van der Waals surface area contributed by atoms with Gasteiger partial charge in [-0.05, 0) is 87.2 Å². The number of rotatable bonds is 28. The molecule has 0 amide bonds. The van der Waals surface area contributed by atoms with Gasteiger partial charge in [0, 0.05) is 20.9 Å². The Bertz CT molecular complexity index is 2280. The molecule has 0 radical (unpaired) electrons. The third kappa shape index (κ3) is 13.7. The number of hydrogen-bond donors (Lipinski definition) is 0. The number of halogens is 4. The molecule has 0 saturated heterocycles. The molecule has 6 aromatic rings. The van der Waals surface area contributed by atoms with Crippen LogP contribution in [0.1, 0.15) is 142 Å². The number of nitrogens with zero attached hydrogens (tertiary/aromatic N) is 2. The molecule has 0 aliphatic heterocycles. The predicted octanol–water partition coefficient (Wildman–Crippen LogP) is 18.8. The van der Waals surface area contributed by atoms with Crippen molar-refractivity contribution in [3.05, 3.63) is 92.0 Å². The van der Waals surface area contributed by atoms with Crippen LogP contribution in [0.25, 0.3) is 54.4 Å². The molecule has 6 rings (SSSR count). The van der Waals surface area contributed by atoms with Gasteiger partial charge in [0.05, 0.1) is 43.3 Å². The maximum Gasteiger partial charge on any atom is 0.172 e. The molecular formula is C52H62Br2F2N2O2S2. The Morgan fingerprint density at radius 1 is 0.468 bits per heavy atom.